The number of hydrogen-bond donors (Lipinski definition) is 1. The van der Waals surface area contributed by atoms with E-state index in [1.54, 1.807) is 38.1 Å². The van der Waals surface area contributed by atoms with Crippen molar-refractivity contribution in [2.75, 3.05) is 18.1 Å². The van der Waals surface area contributed by atoms with Crippen molar-refractivity contribution in [1.82, 2.24) is 5.32 Å². The summed E-state index contributed by atoms with van der Waals surface area (Å²) in [4.78, 5) is 23.4. The molecule has 0 aliphatic carbocycles. The Morgan fingerprint density at radius 3 is 2.43 bits per heavy atom. The minimum absolute atomic E-state index is 0.0421. The third-order valence-corrected chi connectivity index (χ3v) is 5.71. The molecule has 1 aliphatic heterocycles. The highest BCUT2D eigenvalue weighted by atomic mass is 32.2. The van der Waals surface area contributed by atoms with Crippen LogP contribution < -0.4 is 10.1 Å². The molecule has 6 nitrogen and oxygen atoms in total. The summed E-state index contributed by atoms with van der Waals surface area (Å²) in [5.41, 5.74) is -0.121. The average molecular weight is 339 g/mol. The van der Waals surface area contributed by atoms with E-state index in [0.29, 0.717) is 24.2 Å². The second kappa shape index (κ2) is 6.70. The molecule has 0 bridgehead atoms. The summed E-state index contributed by atoms with van der Waals surface area (Å²) in [6.07, 6.45) is 0.846. The van der Waals surface area contributed by atoms with Crippen molar-refractivity contribution in [3.05, 3.63) is 29.8 Å². The topological polar surface area (TPSA) is 89.5 Å². The van der Waals surface area contributed by atoms with Crippen LogP contribution in [0.5, 0.6) is 5.75 Å². The van der Waals surface area contributed by atoms with Gasteiger partial charge in [0.05, 0.1) is 17.0 Å². The van der Waals surface area contributed by atoms with Crippen molar-refractivity contribution < 1.29 is 22.7 Å². The smallest absolute Gasteiger partial charge is 0.258 e. The van der Waals surface area contributed by atoms with Gasteiger partial charge >= 0.3 is 0 Å². The molecule has 1 heterocycles. The molecule has 7 heteroatoms. The van der Waals surface area contributed by atoms with E-state index in [-0.39, 0.29) is 29.8 Å². The van der Waals surface area contributed by atoms with Gasteiger partial charge in [0.1, 0.15) is 5.75 Å². The van der Waals surface area contributed by atoms with Gasteiger partial charge in [-0.15, -0.1) is 0 Å². The zero-order valence-corrected chi connectivity index (χ0v) is 14.1. The molecule has 2 rings (SSSR count). The Hall–Kier alpha value is -1.89. The second-order valence-corrected chi connectivity index (χ2v) is 8.22. The number of rotatable bonds is 6. The van der Waals surface area contributed by atoms with Crippen molar-refractivity contribution in [1.29, 1.82) is 0 Å². The van der Waals surface area contributed by atoms with Gasteiger partial charge in [0.25, 0.3) is 5.91 Å². The van der Waals surface area contributed by atoms with Crippen LogP contribution in [-0.4, -0.2) is 43.8 Å². The van der Waals surface area contributed by atoms with Crippen LogP contribution in [0, 0.1) is 0 Å². The van der Waals surface area contributed by atoms with Crippen LogP contribution in [0.15, 0.2) is 24.3 Å². The van der Waals surface area contributed by atoms with Crippen LogP contribution in [0.25, 0.3) is 0 Å². The predicted molar refractivity (Wildman–Crippen MR) is 86.4 cm³/mol. The number of nitrogens with one attached hydrogen (secondary N) is 1. The Balaban J connectivity index is 1.86. The molecule has 1 amide bonds. The first-order valence-corrected chi connectivity index (χ1v) is 9.33. The first-order valence-electron chi connectivity index (χ1n) is 7.50. The number of ketones is 1. The standard InChI is InChI=1S/C16H21NO5S/c1-3-14(18)12-4-6-13(7-5-12)22-10-15(19)17-16(2)8-9-23(20,21)11-16/h4-7H,3,8-11H2,1-2H3,(H,17,19). The minimum atomic E-state index is -3.07. The molecule has 1 saturated heterocycles. The van der Waals surface area contributed by atoms with Crippen LogP contribution in [0.2, 0.25) is 0 Å². The lowest BCUT2D eigenvalue weighted by molar-refractivity contribution is -0.124. The van der Waals surface area contributed by atoms with Crippen LogP contribution in [0.3, 0.4) is 0 Å². The molecule has 1 aromatic carbocycles. The molecule has 23 heavy (non-hydrogen) atoms. The highest BCUT2D eigenvalue weighted by Crippen LogP contribution is 2.22. The van der Waals surface area contributed by atoms with Crippen LogP contribution in [0.4, 0.5) is 0 Å². The Kier molecular flexibility index (Phi) is 5.09. The maximum Gasteiger partial charge on any atom is 0.258 e. The van der Waals surface area contributed by atoms with Gasteiger partial charge in [-0.25, -0.2) is 8.42 Å². The first-order chi connectivity index (χ1) is 10.7. The van der Waals surface area contributed by atoms with Gasteiger partial charge in [-0.05, 0) is 37.6 Å². The lowest BCUT2D eigenvalue weighted by atomic mass is 10.0. The Morgan fingerprint density at radius 1 is 1.26 bits per heavy atom. The molecule has 0 saturated carbocycles. The van der Waals surface area contributed by atoms with Crippen molar-refractivity contribution in [3.8, 4) is 5.75 Å². The van der Waals surface area contributed by atoms with E-state index in [9.17, 15) is 18.0 Å². The summed E-state index contributed by atoms with van der Waals surface area (Å²) in [5, 5.41) is 2.72. The number of sulfone groups is 1. The number of ether oxygens (including phenoxy) is 1. The van der Waals surface area contributed by atoms with E-state index in [0.717, 1.165) is 0 Å². The zero-order valence-electron chi connectivity index (χ0n) is 13.3. The lowest BCUT2D eigenvalue weighted by Gasteiger charge is -2.23. The third-order valence-electron chi connectivity index (χ3n) is 3.81. The summed E-state index contributed by atoms with van der Waals surface area (Å²) in [5.74, 6) is 0.219. The molecule has 126 valence electrons. The fraction of sp³-hybridized carbons (Fsp3) is 0.500. The van der Waals surface area contributed by atoms with Gasteiger partial charge in [-0.1, -0.05) is 6.92 Å². The van der Waals surface area contributed by atoms with Crippen molar-refractivity contribution in [3.63, 3.8) is 0 Å². The third kappa shape index (κ3) is 4.79. The van der Waals surface area contributed by atoms with E-state index in [1.807, 2.05) is 0 Å². The maximum absolute atomic E-state index is 11.9. The number of carbonyl (C=O) groups excluding carboxylic acids is 2. The van der Waals surface area contributed by atoms with Crippen molar-refractivity contribution in [2.24, 2.45) is 0 Å². The SMILES string of the molecule is CCC(=O)c1ccc(OCC(=O)NC2(C)CCS(=O)(=O)C2)cc1. The lowest BCUT2D eigenvalue weighted by Crippen LogP contribution is -2.48. The Labute approximate surface area is 136 Å². The molecule has 1 aromatic rings. The summed E-state index contributed by atoms with van der Waals surface area (Å²) in [7, 11) is -3.07. The van der Waals surface area contributed by atoms with E-state index in [4.69, 9.17) is 4.74 Å². The Bertz CT molecular complexity index is 696. The monoisotopic (exact) mass is 339 g/mol. The van der Waals surface area contributed by atoms with E-state index in [1.165, 1.54) is 0 Å². The number of amides is 1. The predicted octanol–water partition coefficient (Wildman–Crippen LogP) is 1.35. The largest absolute Gasteiger partial charge is 0.484 e. The first kappa shape index (κ1) is 17.5. The summed E-state index contributed by atoms with van der Waals surface area (Å²) < 4.78 is 28.4. The molecular weight excluding hydrogens is 318 g/mol. The number of Topliss-reactive ketones (excluding diaryl/α,β-unsaturated/α-hetero) is 1. The molecule has 0 spiro atoms. The second-order valence-electron chi connectivity index (χ2n) is 6.04. The van der Waals surface area contributed by atoms with Crippen LogP contribution in [0.1, 0.15) is 37.0 Å². The highest BCUT2D eigenvalue weighted by molar-refractivity contribution is 7.91. The summed E-state index contributed by atoms with van der Waals surface area (Å²) >= 11 is 0. The van der Waals surface area contributed by atoms with Gasteiger partial charge in [0.2, 0.25) is 0 Å². The van der Waals surface area contributed by atoms with Crippen molar-refractivity contribution in [2.45, 2.75) is 32.2 Å². The van der Waals surface area contributed by atoms with Gasteiger partial charge in [0.15, 0.2) is 22.2 Å². The van der Waals surface area contributed by atoms with E-state index in [2.05, 4.69) is 5.32 Å². The molecule has 0 aromatic heterocycles. The average Bonchev–Trinajstić information content (AvgIpc) is 2.78. The summed E-state index contributed by atoms with van der Waals surface area (Å²) in [6.45, 7) is 3.32. The molecule has 1 unspecified atom stereocenters. The van der Waals surface area contributed by atoms with Gasteiger partial charge in [-0.3, -0.25) is 9.59 Å². The van der Waals surface area contributed by atoms with Crippen LogP contribution >= 0.6 is 0 Å². The molecule has 0 radical (unpaired) electrons. The molecule has 1 N–H and O–H groups in total. The van der Waals surface area contributed by atoms with E-state index >= 15 is 0 Å². The fourth-order valence-electron chi connectivity index (χ4n) is 2.57. The quantitative estimate of drug-likeness (QED) is 0.790. The highest BCUT2D eigenvalue weighted by Gasteiger charge is 2.39. The minimum Gasteiger partial charge on any atom is -0.484 e. The summed E-state index contributed by atoms with van der Waals surface area (Å²) in [6, 6.07) is 6.59. The number of hydrogen-bond acceptors (Lipinski definition) is 5. The van der Waals surface area contributed by atoms with Gasteiger partial charge in [-0.2, -0.15) is 0 Å². The Morgan fingerprint density at radius 2 is 1.91 bits per heavy atom. The molecule has 1 aliphatic rings. The zero-order chi connectivity index (χ0) is 17.1. The fourth-order valence-corrected chi connectivity index (χ4v) is 4.66. The number of benzene rings is 1. The molecule has 1 atom stereocenters. The number of carbonyl (C=O) groups is 2. The molecular formula is C16H21NO5S. The molecule has 1 fully saturated rings. The van der Waals surface area contributed by atoms with Crippen molar-refractivity contribution >= 4 is 21.5 Å². The maximum atomic E-state index is 11.9. The van der Waals surface area contributed by atoms with E-state index < -0.39 is 15.4 Å². The van der Waals surface area contributed by atoms with Gasteiger partial charge in [0, 0.05) is 12.0 Å². The van der Waals surface area contributed by atoms with Crippen LogP contribution in [-0.2, 0) is 14.6 Å². The normalized spacial score (nSPS) is 22.5. The van der Waals surface area contributed by atoms with Gasteiger partial charge < -0.3 is 10.1 Å².